The molecule has 1 heterocycles. The molecule has 0 spiro atoms. The number of rotatable bonds is 1. The molecule has 1 nitrogen and oxygen atoms in total. The summed E-state index contributed by atoms with van der Waals surface area (Å²) in [6, 6.07) is 8.07. The lowest BCUT2D eigenvalue weighted by Gasteiger charge is -2.21. The predicted octanol–water partition coefficient (Wildman–Crippen LogP) is 3.33. The van der Waals surface area contributed by atoms with E-state index in [-0.39, 0.29) is 4.58 Å². The summed E-state index contributed by atoms with van der Waals surface area (Å²) in [4.78, 5) is 0. The van der Waals surface area contributed by atoms with Crippen LogP contribution in [0.3, 0.4) is 0 Å². The van der Waals surface area contributed by atoms with Crippen molar-refractivity contribution in [2.75, 3.05) is 11.5 Å². The van der Waals surface area contributed by atoms with Crippen LogP contribution in [0.25, 0.3) is 0 Å². The first-order valence-electron chi connectivity index (χ1n) is 4.52. The van der Waals surface area contributed by atoms with Gasteiger partial charge in [-0.05, 0) is 23.8 Å². The first-order valence-corrected chi connectivity index (χ1v) is 7.74. The molecule has 14 heavy (non-hydrogen) atoms. The third kappa shape index (κ3) is 2.23. The van der Waals surface area contributed by atoms with Crippen LogP contribution < -0.4 is 0 Å². The molecule has 0 N–H and O–H groups in total. The summed E-state index contributed by atoms with van der Waals surface area (Å²) in [5.74, 6) is 1.97. The molecule has 1 fully saturated rings. The van der Waals surface area contributed by atoms with E-state index in [1.54, 1.807) is 0 Å². The van der Waals surface area contributed by atoms with E-state index in [1.165, 1.54) is 5.56 Å². The highest BCUT2D eigenvalue weighted by Gasteiger charge is 2.24. The average molecular weight is 291 g/mol. The fourth-order valence-electron chi connectivity index (χ4n) is 1.47. The molecule has 4 heteroatoms. The Labute approximate surface area is 99.3 Å². The number of thioether (sulfide) groups is 1. The topological polar surface area (TPSA) is 17.1 Å². The molecule has 76 valence electrons. The van der Waals surface area contributed by atoms with E-state index in [0.29, 0.717) is 0 Å². The predicted molar refractivity (Wildman–Crippen MR) is 67.0 cm³/mol. The summed E-state index contributed by atoms with van der Waals surface area (Å²) < 4.78 is 13.1. The van der Waals surface area contributed by atoms with Crippen LogP contribution in [0, 0.1) is 0 Å². The van der Waals surface area contributed by atoms with Crippen LogP contribution in [0.15, 0.2) is 28.7 Å². The summed E-state index contributed by atoms with van der Waals surface area (Å²) in [5, 5.41) is 0. The van der Waals surface area contributed by atoms with Gasteiger partial charge in [-0.3, -0.25) is 4.21 Å². The molecule has 1 saturated heterocycles. The van der Waals surface area contributed by atoms with Crippen molar-refractivity contribution < 1.29 is 4.21 Å². The second-order valence-corrected chi connectivity index (χ2v) is 7.17. The van der Waals surface area contributed by atoms with Crippen LogP contribution >= 0.6 is 27.7 Å². The van der Waals surface area contributed by atoms with E-state index >= 15 is 0 Å². The molecule has 0 aromatic heterocycles. The molecule has 2 unspecified atom stereocenters. The van der Waals surface area contributed by atoms with Crippen LogP contribution in [0.5, 0.6) is 0 Å². The Balaban J connectivity index is 2.29. The normalized spacial score (nSPS) is 27.5. The maximum Gasteiger partial charge on any atom is 0.106 e. The van der Waals surface area contributed by atoms with Gasteiger partial charge in [-0.25, -0.2) is 0 Å². The molecular weight excluding hydrogens is 280 g/mol. The second-order valence-electron chi connectivity index (χ2n) is 3.16. The van der Waals surface area contributed by atoms with E-state index in [0.717, 1.165) is 22.4 Å². The van der Waals surface area contributed by atoms with E-state index < -0.39 is 10.8 Å². The van der Waals surface area contributed by atoms with E-state index in [2.05, 4.69) is 22.0 Å². The van der Waals surface area contributed by atoms with Crippen LogP contribution in [-0.2, 0) is 10.8 Å². The Morgan fingerprint density at radius 3 is 2.93 bits per heavy atom. The fraction of sp³-hybridized carbons (Fsp3) is 0.400. The van der Waals surface area contributed by atoms with Gasteiger partial charge in [0.2, 0.25) is 0 Å². The maximum absolute atomic E-state index is 11.8. The molecule has 1 aromatic carbocycles. The van der Waals surface area contributed by atoms with Crippen LogP contribution in [-0.4, -0.2) is 15.7 Å². The average Bonchev–Trinajstić information content (AvgIpc) is 2.20. The summed E-state index contributed by atoms with van der Waals surface area (Å²) in [6.07, 6.45) is 1.08. The number of benzene rings is 1. The molecule has 1 aliphatic heterocycles. The zero-order valence-corrected chi connectivity index (χ0v) is 10.8. The summed E-state index contributed by atoms with van der Waals surface area (Å²) in [6.45, 7) is 0. The monoisotopic (exact) mass is 290 g/mol. The number of hydrogen-bond donors (Lipinski definition) is 0. The van der Waals surface area contributed by atoms with Gasteiger partial charge in [0, 0.05) is 21.0 Å². The van der Waals surface area contributed by atoms with Crippen molar-refractivity contribution in [3.05, 3.63) is 34.3 Å². The summed E-state index contributed by atoms with van der Waals surface area (Å²) in [7, 11) is -0.706. The Morgan fingerprint density at radius 1 is 1.43 bits per heavy atom. The van der Waals surface area contributed by atoms with Crippen molar-refractivity contribution >= 4 is 38.5 Å². The number of hydrogen-bond acceptors (Lipinski definition) is 2. The number of halogens is 1. The highest BCUT2D eigenvalue weighted by atomic mass is 79.9. The van der Waals surface area contributed by atoms with Gasteiger partial charge in [-0.2, -0.15) is 0 Å². The van der Waals surface area contributed by atoms with Gasteiger partial charge >= 0.3 is 0 Å². The van der Waals surface area contributed by atoms with E-state index in [4.69, 9.17) is 0 Å². The van der Waals surface area contributed by atoms with Gasteiger partial charge < -0.3 is 0 Å². The SMILES string of the molecule is O=S1CCCSC1c1ccccc1Br. The molecule has 1 aliphatic rings. The van der Waals surface area contributed by atoms with Gasteiger partial charge in [0.25, 0.3) is 0 Å². The van der Waals surface area contributed by atoms with Crippen molar-refractivity contribution in [2.24, 2.45) is 0 Å². The molecule has 0 aliphatic carbocycles. The smallest absolute Gasteiger partial charge is 0.106 e. The van der Waals surface area contributed by atoms with Crippen molar-refractivity contribution in [1.82, 2.24) is 0 Å². The Kier molecular flexibility index (Phi) is 3.68. The zero-order chi connectivity index (χ0) is 9.97. The molecule has 0 radical (unpaired) electrons. The van der Waals surface area contributed by atoms with Gasteiger partial charge in [0.05, 0.1) is 0 Å². The van der Waals surface area contributed by atoms with Crippen molar-refractivity contribution in [3.63, 3.8) is 0 Å². The Bertz CT molecular complexity index is 354. The van der Waals surface area contributed by atoms with Gasteiger partial charge in [0.15, 0.2) is 0 Å². The molecular formula is C10H11BrOS2. The van der Waals surface area contributed by atoms with Crippen molar-refractivity contribution in [1.29, 1.82) is 0 Å². The maximum atomic E-state index is 11.8. The minimum absolute atomic E-state index is 0.166. The summed E-state index contributed by atoms with van der Waals surface area (Å²) >= 11 is 5.32. The summed E-state index contributed by atoms with van der Waals surface area (Å²) in [5.41, 5.74) is 1.18. The standard InChI is InChI=1S/C10H11BrOS2/c11-9-5-2-1-4-8(9)10-13-6-3-7-14(10)12/h1-2,4-5,10H,3,6-7H2. The molecule has 2 atom stereocenters. The van der Waals surface area contributed by atoms with Crippen molar-refractivity contribution in [3.8, 4) is 0 Å². The molecule has 2 rings (SSSR count). The first kappa shape index (κ1) is 10.7. The highest BCUT2D eigenvalue weighted by molar-refractivity contribution is 9.10. The molecule has 0 saturated carbocycles. The second kappa shape index (κ2) is 4.81. The van der Waals surface area contributed by atoms with Crippen LogP contribution in [0.1, 0.15) is 16.6 Å². The lowest BCUT2D eigenvalue weighted by molar-refractivity contribution is 0.679. The molecule has 0 amide bonds. The van der Waals surface area contributed by atoms with E-state index in [9.17, 15) is 4.21 Å². The Hall–Kier alpha value is 0.200. The zero-order valence-electron chi connectivity index (χ0n) is 7.61. The third-order valence-electron chi connectivity index (χ3n) is 2.16. The Morgan fingerprint density at radius 2 is 2.21 bits per heavy atom. The lowest BCUT2D eigenvalue weighted by atomic mass is 10.2. The highest BCUT2D eigenvalue weighted by Crippen LogP contribution is 2.39. The first-order chi connectivity index (χ1) is 6.79. The quantitative estimate of drug-likeness (QED) is 0.789. The van der Waals surface area contributed by atoms with Gasteiger partial charge in [0.1, 0.15) is 4.58 Å². The molecule has 1 aromatic rings. The van der Waals surface area contributed by atoms with Crippen LogP contribution in [0.2, 0.25) is 0 Å². The van der Waals surface area contributed by atoms with Gasteiger partial charge in [-0.15, -0.1) is 11.8 Å². The van der Waals surface area contributed by atoms with E-state index in [1.807, 2.05) is 30.0 Å². The minimum Gasteiger partial charge on any atom is -0.258 e. The van der Waals surface area contributed by atoms with Crippen molar-refractivity contribution in [2.45, 2.75) is 11.0 Å². The lowest BCUT2D eigenvalue weighted by Crippen LogP contribution is -2.14. The fourth-order valence-corrected chi connectivity index (χ4v) is 5.70. The van der Waals surface area contributed by atoms with Crippen LogP contribution in [0.4, 0.5) is 0 Å². The minimum atomic E-state index is -0.706. The third-order valence-corrected chi connectivity index (χ3v) is 6.43. The van der Waals surface area contributed by atoms with Gasteiger partial charge in [-0.1, -0.05) is 34.1 Å². The molecule has 0 bridgehead atoms. The largest absolute Gasteiger partial charge is 0.258 e.